The number of amides is 1. The molecule has 1 aromatic carbocycles. The Hall–Kier alpha value is -2.48. The molecule has 1 atom stereocenters. The molecule has 10 nitrogen and oxygen atoms in total. The summed E-state index contributed by atoms with van der Waals surface area (Å²) in [6.45, 7) is 1.72. The molecule has 29 heavy (non-hydrogen) atoms. The largest absolute Gasteiger partial charge is 0.374 e. The number of carbonyl (C=O) groups excluding carboxylic acids is 1. The van der Waals surface area contributed by atoms with Gasteiger partial charge in [0.15, 0.2) is 15.3 Å². The van der Waals surface area contributed by atoms with Crippen LogP contribution < -0.4 is 15.8 Å². The van der Waals surface area contributed by atoms with Crippen molar-refractivity contribution in [2.24, 2.45) is 0 Å². The molecule has 0 saturated carbocycles. The molecule has 4 N–H and O–H groups in total. The summed E-state index contributed by atoms with van der Waals surface area (Å²) in [5.74, 6) is -0.233. The lowest BCUT2D eigenvalue weighted by Crippen LogP contribution is -2.22. The SMILES string of the molecule is CC(Sc1nnc(N)s1)C(=O)Nc1ccc(S(=O)(=O)Nc2ccc(Cl)nn2)cc1. The Morgan fingerprint density at radius 2 is 1.86 bits per heavy atom. The fourth-order valence-electron chi connectivity index (χ4n) is 2.00. The number of carbonyl (C=O) groups is 1. The molecule has 2 heterocycles. The molecule has 1 unspecified atom stereocenters. The minimum atomic E-state index is -3.86. The number of benzene rings is 1. The molecule has 14 heteroatoms. The highest BCUT2D eigenvalue weighted by Crippen LogP contribution is 2.28. The van der Waals surface area contributed by atoms with Crippen LogP contribution in [-0.4, -0.2) is 40.0 Å². The second-order valence-electron chi connectivity index (χ2n) is 5.53. The van der Waals surface area contributed by atoms with Crippen molar-refractivity contribution < 1.29 is 13.2 Å². The first-order valence-corrected chi connectivity index (χ1v) is 11.5. The summed E-state index contributed by atoms with van der Waals surface area (Å²) < 4.78 is 27.7. The van der Waals surface area contributed by atoms with Gasteiger partial charge in [-0.3, -0.25) is 9.52 Å². The zero-order valence-corrected chi connectivity index (χ0v) is 17.9. The van der Waals surface area contributed by atoms with Crippen LogP contribution in [0.25, 0.3) is 0 Å². The number of anilines is 3. The molecular weight excluding hydrogens is 458 g/mol. The normalized spacial score (nSPS) is 12.3. The summed E-state index contributed by atoms with van der Waals surface area (Å²) >= 11 is 8.05. The van der Waals surface area contributed by atoms with E-state index in [0.717, 1.165) is 0 Å². The monoisotopic (exact) mass is 471 g/mol. The van der Waals surface area contributed by atoms with Crippen LogP contribution in [0.2, 0.25) is 5.15 Å². The summed E-state index contributed by atoms with van der Waals surface area (Å²) in [7, 11) is -3.86. The summed E-state index contributed by atoms with van der Waals surface area (Å²) in [5.41, 5.74) is 5.97. The van der Waals surface area contributed by atoms with E-state index in [1.165, 1.54) is 59.5 Å². The lowest BCUT2D eigenvalue weighted by Gasteiger charge is -2.11. The van der Waals surface area contributed by atoms with Gasteiger partial charge in [0.2, 0.25) is 11.0 Å². The van der Waals surface area contributed by atoms with E-state index in [1.807, 2.05) is 0 Å². The van der Waals surface area contributed by atoms with Crippen molar-refractivity contribution in [2.45, 2.75) is 21.4 Å². The van der Waals surface area contributed by atoms with Crippen molar-refractivity contribution >= 4 is 67.3 Å². The average Bonchev–Trinajstić information content (AvgIpc) is 3.08. The third-order valence-corrected chi connectivity index (χ3v) is 6.88. The standard InChI is InChI=1S/C15H14ClN7O3S3/c1-8(27-15-22-21-14(17)28-15)13(24)18-9-2-4-10(5-3-9)29(25,26)23-12-7-6-11(16)19-20-12/h2-8H,1H3,(H2,17,21)(H,18,24)(H,20,23). The highest BCUT2D eigenvalue weighted by Gasteiger charge is 2.18. The van der Waals surface area contributed by atoms with E-state index in [0.29, 0.717) is 15.2 Å². The molecule has 3 rings (SSSR count). The smallest absolute Gasteiger partial charge is 0.263 e. The number of nitrogens with one attached hydrogen (secondary N) is 2. The lowest BCUT2D eigenvalue weighted by atomic mass is 10.3. The van der Waals surface area contributed by atoms with Gasteiger partial charge in [-0.15, -0.1) is 20.4 Å². The van der Waals surface area contributed by atoms with Crippen molar-refractivity contribution in [3.8, 4) is 0 Å². The van der Waals surface area contributed by atoms with Gasteiger partial charge in [0.1, 0.15) is 0 Å². The van der Waals surface area contributed by atoms with Crippen molar-refractivity contribution in [3.63, 3.8) is 0 Å². The molecule has 0 radical (unpaired) electrons. The number of aromatic nitrogens is 4. The average molecular weight is 472 g/mol. The van der Waals surface area contributed by atoms with Gasteiger partial charge in [0, 0.05) is 5.69 Å². The number of nitrogens with zero attached hydrogens (tertiary/aromatic N) is 4. The van der Waals surface area contributed by atoms with Crippen molar-refractivity contribution in [2.75, 3.05) is 15.8 Å². The van der Waals surface area contributed by atoms with Crippen molar-refractivity contribution in [1.29, 1.82) is 0 Å². The van der Waals surface area contributed by atoms with Crippen LogP contribution in [0.1, 0.15) is 6.92 Å². The minimum absolute atomic E-state index is 0.000919. The van der Waals surface area contributed by atoms with E-state index < -0.39 is 15.3 Å². The minimum Gasteiger partial charge on any atom is -0.374 e. The van der Waals surface area contributed by atoms with E-state index in [9.17, 15) is 13.2 Å². The van der Waals surface area contributed by atoms with Gasteiger partial charge in [0.25, 0.3) is 10.0 Å². The van der Waals surface area contributed by atoms with Crippen LogP contribution in [0.4, 0.5) is 16.6 Å². The fraction of sp³-hybridized carbons (Fsp3) is 0.133. The van der Waals surface area contributed by atoms with Gasteiger partial charge in [-0.1, -0.05) is 34.7 Å². The maximum atomic E-state index is 12.4. The topological polar surface area (TPSA) is 153 Å². The first kappa shape index (κ1) is 21.2. The number of rotatable bonds is 7. The van der Waals surface area contributed by atoms with E-state index in [-0.39, 0.29) is 21.8 Å². The molecule has 0 bridgehead atoms. The maximum absolute atomic E-state index is 12.4. The maximum Gasteiger partial charge on any atom is 0.263 e. The number of halogens is 1. The van der Waals surface area contributed by atoms with E-state index in [1.54, 1.807) is 6.92 Å². The van der Waals surface area contributed by atoms with Crippen LogP contribution >= 0.6 is 34.7 Å². The molecule has 0 aliphatic rings. The second kappa shape index (κ2) is 8.90. The first-order valence-electron chi connectivity index (χ1n) is 7.91. The Bertz CT molecular complexity index is 1100. The third-order valence-electron chi connectivity index (χ3n) is 3.37. The predicted molar refractivity (Wildman–Crippen MR) is 113 cm³/mol. The zero-order valence-electron chi connectivity index (χ0n) is 14.7. The van der Waals surface area contributed by atoms with Gasteiger partial charge in [0.05, 0.1) is 10.1 Å². The van der Waals surface area contributed by atoms with Gasteiger partial charge in [-0.25, -0.2) is 8.42 Å². The summed E-state index contributed by atoms with van der Waals surface area (Å²) in [5, 5.41) is 17.5. The number of nitrogens with two attached hydrogens (primary N) is 1. The molecule has 0 aliphatic heterocycles. The van der Waals surface area contributed by atoms with Crippen LogP contribution in [-0.2, 0) is 14.8 Å². The summed E-state index contributed by atoms with van der Waals surface area (Å²) in [6, 6.07) is 8.52. The van der Waals surface area contributed by atoms with E-state index in [2.05, 4.69) is 30.4 Å². The van der Waals surface area contributed by atoms with Crippen LogP contribution in [0.3, 0.4) is 0 Å². The Kier molecular flexibility index (Phi) is 6.52. The first-order chi connectivity index (χ1) is 13.7. The predicted octanol–water partition coefficient (Wildman–Crippen LogP) is 2.48. The van der Waals surface area contributed by atoms with Crippen molar-refractivity contribution in [3.05, 3.63) is 41.6 Å². The van der Waals surface area contributed by atoms with Gasteiger partial charge >= 0.3 is 0 Å². The van der Waals surface area contributed by atoms with Crippen LogP contribution in [0.5, 0.6) is 0 Å². The number of hydrogen-bond donors (Lipinski definition) is 3. The highest BCUT2D eigenvalue weighted by atomic mass is 35.5. The molecule has 0 spiro atoms. The zero-order chi connectivity index (χ0) is 21.0. The summed E-state index contributed by atoms with van der Waals surface area (Å²) in [6.07, 6.45) is 0. The summed E-state index contributed by atoms with van der Waals surface area (Å²) in [4.78, 5) is 12.3. The Morgan fingerprint density at radius 3 is 2.45 bits per heavy atom. The molecule has 2 aromatic heterocycles. The molecule has 0 aliphatic carbocycles. The van der Waals surface area contributed by atoms with Crippen molar-refractivity contribution in [1.82, 2.24) is 20.4 Å². The van der Waals surface area contributed by atoms with Crippen LogP contribution in [0.15, 0.2) is 45.6 Å². The molecule has 1 amide bonds. The quantitative estimate of drug-likeness (QED) is 0.441. The van der Waals surface area contributed by atoms with Crippen LogP contribution in [0, 0.1) is 0 Å². The second-order valence-corrected chi connectivity index (χ2v) is 10.2. The Labute approximate surface area is 179 Å². The number of hydrogen-bond acceptors (Lipinski definition) is 10. The lowest BCUT2D eigenvalue weighted by molar-refractivity contribution is -0.115. The molecule has 0 fully saturated rings. The molecular formula is C15H14ClN7O3S3. The number of sulfonamides is 1. The highest BCUT2D eigenvalue weighted by molar-refractivity contribution is 8.02. The van der Waals surface area contributed by atoms with Gasteiger partial charge in [-0.2, -0.15) is 0 Å². The molecule has 3 aromatic rings. The van der Waals surface area contributed by atoms with E-state index in [4.69, 9.17) is 17.3 Å². The van der Waals surface area contributed by atoms with E-state index >= 15 is 0 Å². The molecule has 0 saturated heterocycles. The fourth-order valence-corrected chi connectivity index (χ4v) is 4.88. The number of thioether (sulfide) groups is 1. The van der Waals surface area contributed by atoms with Gasteiger partial charge < -0.3 is 11.1 Å². The van der Waals surface area contributed by atoms with Gasteiger partial charge in [-0.05, 0) is 43.3 Å². The molecule has 152 valence electrons. The third kappa shape index (κ3) is 5.76. The Balaban J connectivity index is 1.62. The number of nitrogen functional groups attached to an aromatic ring is 1. The Morgan fingerprint density at radius 1 is 1.14 bits per heavy atom.